The summed E-state index contributed by atoms with van der Waals surface area (Å²) in [5.74, 6) is 0.601. The fraction of sp³-hybridized carbons (Fsp3) is 0.370. The van der Waals surface area contributed by atoms with Crippen molar-refractivity contribution in [3.05, 3.63) is 82.7 Å². The van der Waals surface area contributed by atoms with E-state index in [1.807, 2.05) is 19.1 Å². The molecule has 0 aliphatic heterocycles. The topological polar surface area (TPSA) is 92.5 Å². The Balaban J connectivity index is 1.31. The molecular formula is C27H31FN6. The normalized spacial score (nSPS) is 19.4. The summed E-state index contributed by atoms with van der Waals surface area (Å²) in [4.78, 5) is 4.29. The van der Waals surface area contributed by atoms with E-state index in [0.717, 1.165) is 36.9 Å². The quantitative estimate of drug-likeness (QED) is 0.353. The van der Waals surface area contributed by atoms with Gasteiger partial charge < -0.3 is 11.1 Å². The van der Waals surface area contributed by atoms with E-state index >= 15 is 4.39 Å². The van der Waals surface area contributed by atoms with Crippen LogP contribution in [0.25, 0.3) is 11.2 Å². The molecule has 1 fully saturated rings. The van der Waals surface area contributed by atoms with Crippen molar-refractivity contribution in [3.8, 4) is 0 Å². The molecule has 2 aromatic carbocycles. The Hall–Kier alpha value is -3.32. The highest BCUT2D eigenvalue weighted by Crippen LogP contribution is 2.35. The second-order valence-electron chi connectivity index (χ2n) is 9.42. The third kappa shape index (κ3) is 4.80. The maximum Gasteiger partial charge on any atom is 0.178 e. The van der Waals surface area contributed by atoms with Gasteiger partial charge in [0.2, 0.25) is 0 Å². The van der Waals surface area contributed by atoms with Gasteiger partial charge in [-0.05, 0) is 80.3 Å². The van der Waals surface area contributed by atoms with E-state index < -0.39 is 0 Å². The van der Waals surface area contributed by atoms with Crippen molar-refractivity contribution in [2.24, 2.45) is 0 Å². The van der Waals surface area contributed by atoms with Crippen molar-refractivity contribution in [3.63, 3.8) is 0 Å². The van der Waals surface area contributed by atoms with Crippen molar-refractivity contribution >= 4 is 17.0 Å². The number of nitrogens with two attached hydrogens (primary N) is 1. The van der Waals surface area contributed by atoms with E-state index in [1.54, 1.807) is 12.1 Å². The fourth-order valence-electron chi connectivity index (χ4n) is 5.35. The molecule has 0 spiro atoms. The summed E-state index contributed by atoms with van der Waals surface area (Å²) in [5.41, 5.74) is 11.2. The summed E-state index contributed by atoms with van der Waals surface area (Å²) in [7, 11) is 0. The number of rotatable bonds is 7. The first-order valence-electron chi connectivity index (χ1n) is 12.1. The van der Waals surface area contributed by atoms with Crippen molar-refractivity contribution in [1.82, 2.24) is 25.7 Å². The Labute approximate surface area is 199 Å². The Morgan fingerprint density at radius 3 is 2.65 bits per heavy atom. The molecule has 6 nitrogen and oxygen atoms in total. The van der Waals surface area contributed by atoms with Crippen LogP contribution in [0.2, 0.25) is 0 Å². The van der Waals surface area contributed by atoms with Crippen molar-refractivity contribution in [2.75, 3.05) is 12.3 Å². The van der Waals surface area contributed by atoms with Gasteiger partial charge in [-0.1, -0.05) is 53.2 Å². The molecule has 2 heterocycles. The third-order valence-electron chi connectivity index (χ3n) is 7.11. The van der Waals surface area contributed by atoms with Crippen LogP contribution in [0.3, 0.4) is 0 Å². The van der Waals surface area contributed by atoms with Crippen LogP contribution in [0, 0.1) is 12.7 Å². The number of aromatic nitrogens is 4. The average Bonchev–Trinajstić information content (AvgIpc) is 3.33. The monoisotopic (exact) mass is 458 g/mol. The lowest BCUT2D eigenvalue weighted by Crippen LogP contribution is -2.34. The first kappa shape index (κ1) is 22.5. The van der Waals surface area contributed by atoms with Crippen LogP contribution in [0.5, 0.6) is 0 Å². The number of pyridine rings is 1. The van der Waals surface area contributed by atoms with Gasteiger partial charge >= 0.3 is 0 Å². The molecule has 4 N–H and O–H groups in total. The second-order valence-corrected chi connectivity index (χ2v) is 9.42. The third-order valence-corrected chi connectivity index (χ3v) is 7.11. The van der Waals surface area contributed by atoms with Crippen LogP contribution in [0.4, 0.5) is 10.2 Å². The van der Waals surface area contributed by atoms with Gasteiger partial charge in [-0.3, -0.25) is 0 Å². The first-order valence-corrected chi connectivity index (χ1v) is 12.1. The molecule has 1 aliphatic carbocycles. The molecule has 1 saturated carbocycles. The minimum atomic E-state index is -0.217. The van der Waals surface area contributed by atoms with Gasteiger partial charge in [0.1, 0.15) is 17.2 Å². The van der Waals surface area contributed by atoms with E-state index in [9.17, 15) is 0 Å². The minimum Gasteiger partial charge on any atom is -0.384 e. The van der Waals surface area contributed by atoms with E-state index in [4.69, 9.17) is 5.73 Å². The number of nitrogens with one attached hydrogen (secondary N) is 2. The smallest absolute Gasteiger partial charge is 0.178 e. The van der Waals surface area contributed by atoms with Crippen LogP contribution in [-0.4, -0.2) is 33.0 Å². The van der Waals surface area contributed by atoms with Gasteiger partial charge in [0, 0.05) is 12.0 Å². The molecule has 4 aromatic rings. The van der Waals surface area contributed by atoms with Crippen LogP contribution in [0.15, 0.2) is 54.6 Å². The van der Waals surface area contributed by atoms with Gasteiger partial charge in [-0.25, -0.2) is 14.5 Å². The number of H-pyrrole nitrogens is 1. The highest BCUT2D eigenvalue weighted by Gasteiger charge is 2.25. The Kier molecular flexibility index (Phi) is 6.54. The largest absolute Gasteiger partial charge is 0.384 e. The molecule has 0 radical (unpaired) electrons. The van der Waals surface area contributed by atoms with Crippen LogP contribution < -0.4 is 11.1 Å². The van der Waals surface area contributed by atoms with E-state index in [0.29, 0.717) is 34.5 Å². The zero-order valence-corrected chi connectivity index (χ0v) is 19.5. The molecular weight excluding hydrogens is 427 g/mol. The number of fused-ring (bicyclic) bond motifs is 1. The SMILES string of the molecule is Cc1ccc(F)c(C(CCN[C@H]2CC[C@H](c3ccccc3)CC2)c2cc(N)nc3[nH]nnc23)c1. The van der Waals surface area contributed by atoms with Crippen molar-refractivity contribution in [1.29, 1.82) is 0 Å². The minimum absolute atomic E-state index is 0.203. The Morgan fingerprint density at radius 1 is 1.06 bits per heavy atom. The Morgan fingerprint density at radius 2 is 1.85 bits per heavy atom. The molecule has 176 valence electrons. The molecule has 0 bridgehead atoms. The van der Waals surface area contributed by atoms with Gasteiger partial charge in [0.25, 0.3) is 0 Å². The van der Waals surface area contributed by atoms with Crippen LogP contribution in [-0.2, 0) is 0 Å². The molecule has 7 heteroatoms. The number of nitrogen functional groups attached to an aromatic ring is 1. The zero-order valence-electron chi connectivity index (χ0n) is 19.5. The fourth-order valence-corrected chi connectivity index (χ4v) is 5.35. The number of aryl methyl sites for hydroxylation is 1. The summed E-state index contributed by atoms with van der Waals surface area (Å²) in [6.07, 6.45) is 5.41. The lowest BCUT2D eigenvalue weighted by Gasteiger charge is -2.30. The maximum atomic E-state index is 15.0. The molecule has 1 unspecified atom stereocenters. The highest BCUT2D eigenvalue weighted by molar-refractivity contribution is 5.77. The number of hydrogen-bond acceptors (Lipinski definition) is 5. The van der Waals surface area contributed by atoms with E-state index in [-0.39, 0.29) is 11.7 Å². The van der Waals surface area contributed by atoms with Gasteiger partial charge in [-0.15, -0.1) is 5.10 Å². The predicted octanol–water partition coefficient (Wildman–Crippen LogP) is 5.22. The number of halogens is 1. The average molecular weight is 459 g/mol. The number of nitrogens with zero attached hydrogens (tertiary/aromatic N) is 3. The van der Waals surface area contributed by atoms with E-state index in [2.05, 4.69) is 56.0 Å². The summed E-state index contributed by atoms with van der Waals surface area (Å²) >= 11 is 0. The lowest BCUT2D eigenvalue weighted by atomic mass is 9.81. The van der Waals surface area contributed by atoms with Gasteiger partial charge in [0.05, 0.1) is 0 Å². The molecule has 1 aliphatic rings. The molecule has 2 aromatic heterocycles. The number of aromatic amines is 1. The van der Waals surface area contributed by atoms with Crippen molar-refractivity contribution in [2.45, 2.75) is 56.9 Å². The van der Waals surface area contributed by atoms with Gasteiger partial charge in [-0.2, -0.15) is 0 Å². The molecule has 1 atom stereocenters. The Bertz CT molecular complexity index is 1250. The molecule has 0 saturated heterocycles. The first-order chi connectivity index (χ1) is 16.6. The summed E-state index contributed by atoms with van der Waals surface area (Å²) in [5, 5.41) is 14.7. The molecule has 0 amide bonds. The van der Waals surface area contributed by atoms with E-state index in [1.165, 1.54) is 18.4 Å². The predicted molar refractivity (Wildman–Crippen MR) is 133 cm³/mol. The number of anilines is 1. The zero-order chi connectivity index (χ0) is 23.5. The molecule has 5 rings (SSSR count). The standard InChI is InChI=1S/C27H31FN6/c1-17-7-12-24(28)22(15-17)21(23-16-25(29)31-27-26(23)32-34-33-27)13-14-30-20-10-8-19(9-11-20)18-5-3-2-4-6-18/h2-7,12,15-16,19-21,30H,8-11,13-14H2,1H3,(H3,29,31,32,33,34)/t19-,20-,21?. The molecule has 34 heavy (non-hydrogen) atoms. The van der Waals surface area contributed by atoms with Gasteiger partial charge in [0.15, 0.2) is 5.65 Å². The number of benzene rings is 2. The summed E-state index contributed by atoms with van der Waals surface area (Å²) in [6.45, 7) is 2.76. The maximum absolute atomic E-state index is 15.0. The number of hydrogen-bond donors (Lipinski definition) is 3. The van der Waals surface area contributed by atoms with Crippen molar-refractivity contribution < 1.29 is 4.39 Å². The van der Waals surface area contributed by atoms with Crippen LogP contribution in [0.1, 0.15) is 66.2 Å². The highest BCUT2D eigenvalue weighted by atomic mass is 19.1. The summed E-state index contributed by atoms with van der Waals surface area (Å²) in [6, 6.07) is 18.4. The summed E-state index contributed by atoms with van der Waals surface area (Å²) < 4.78 is 15.0. The lowest BCUT2D eigenvalue weighted by molar-refractivity contribution is 0.340. The van der Waals surface area contributed by atoms with Crippen LogP contribution >= 0.6 is 0 Å². The second kappa shape index (κ2) is 9.89.